The SMILES string of the molecule is CCC(=O)N1CCC[C@@H]1c1nc(C(C)(C)C)co1. The number of nitrogens with zero attached hydrogens (tertiary/aromatic N) is 2. The van der Waals surface area contributed by atoms with Gasteiger partial charge in [0.1, 0.15) is 12.3 Å². The quantitative estimate of drug-likeness (QED) is 0.810. The number of carbonyl (C=O) groups is 1. The molecule has 0 saturated carbocycles. The molecule has 1 aromatic rings. The Morgan fingerprint density at radius 1 is 1.56 bits per heavy atom. The van der Waals surface area contributed by atoms with E-state index >= 15 is 0 Å². The van der Waals surface area contributed by atoms with Crippen LogP contribution in [0.1, 0.15) is 64.6 Å². The molecule has 0 spiro atoms. The fourth-order valence-corrected chi connectivity index (χ4v) is 2.31. The number of oxazole rings is 1. The Labute approximate surface area is 108 Å². The summed E-state index contributed by atoms with van der Waals surface area (Å²) >= 11 is 0. The van der Waals surface area contributed by atoms with Gasteiger partial charge in [0.25, 0.3) is 0 Å². The van der Waals surface area contributed by atoms with Gasteiger partial charge in [-0.25, -0.2) is 4.98 Å². The molecule has 1 fully saturated rings. The summed E-state index contributed by atoms with van der Waals surface area (Å²) in [7, 11) is 0. The molecule has 0 bridgehead atoms. The lowest BCUT2D eigenvalue weighted by atomic mass is 9.93. The lowest BCUT2D eigenvalue weighted by Crippen LogP contribution is -2.30. The molecule has 1 aliphatic heterocycles. The van der Waals surface area contributed by atoms with Crippen molar-refractivity contribution in [2.75, 3.05) is 6.54 Å². The second-order valence-electron chi connectivity index (χ2n) is 5.92. The second kappa shape index (κ2) is 4.75. The molecule has 1 saturated heterocycles. The van der Waals surface area contributed by atoms with Crippen LogP contribution >= 0.6 is 0 Å². The number of aromatic nitrogens is 1. The zero-order valence-electron chi connectivity index (χ0n) is 11.7. The van der Waals surface area contributed by atoms with Crippen molar-refractivity contribution in [1.82, 2.24) is 9.88 Å². The van der Waals surface area contributed by atoms with Crippen molar-refractivity contribution in [2.24, 2.45) is 0 Å². The molecule has 0 aliphatic carbocycles. The maximum Gasteiger partial charge on any atom is 0.222 e. The van der Waals surface area contributed by atoms with Crippen LogP contribution < -0.4 is 0 Å². The van der Waals surface area contributed by atoms with Crippen LogP contribution in [0.15, 0.2) is 10.7 Å². The molecule has 0 aromatic carbocycles. The van der Waals surface area contributed by atoms with Gasteiger partial charge in [-0.1, -0.05) is 27.7 Å². The first-order valence-electron chi connectivity index (χ1n) is 6.69. The van der Waals surface area contributed by atoms with Gasteiger partial charge in [-0.3, -0.25) is 4.79 Å². The Balaban J connectivity index is 2.21. The molecule has 1 aliphatic rings. The van der Waals surface area contributed by atoms with Crippen LogP contribution in [-0.4, -0.2) is 22.3 Å². The first-order chi connectivity index (χ1) is 8.43. The van der Waals surface area contributed by atoms with E-state index < -0.39 is 0 Å². The summed E-state index contributed by atoms with van der Waals surface area (Å²) in [4.78, 5) is 18.3. The van der Waals surface area contributed by atoms with E-state index in [9.17, 15) is 4.79 Å². The highest BCUT2D eigenvalue weighted by Crippen LogP contribution is 2.33. The van der Waals surface area contributed by atoms with E-state index in [4.69, 9.17) is 4.42 Å². The molecule has 0 unspecified atom stereocenters. The van der Waals surface area contributed by atoms with Gasteiger partial charge < -0.3 is 9.32 Å². The Morgan fingerprint density at radius 3 is 2.83 bits per heavy atom. The van der Waals surface area contributed by atoms with Crippen molar-refractivity contribution >= 4 is 5.91 Å². The number of carbonyl (C=O) groups excluding carboxylic acids is 1. The standard InChI is InChI=1S/C14H22N2O2/c1-5-12(17)16-8-6-7-10(16)13-15-11(9-18-13)14(2,3)4/h9-10H,5-8H2,1-4H3/t10-/m1/s1. The summed E-state index contributed by atoms with van der Waals surface area (Å²) < 4.78 is 5.59. The third kappa shape index (κ3) is 2.42. The molecule has 0 N–H and O–H groups in total. The van der Waals surface area contributed by atoms with Gasteiger partial charge in [-0.15, -0.1) is 0 Å². The third-order valence-corrected chi connectivity index (χ3v) is 3.45. The molecular weight excluding hydrogens is 228 g/mol. The fourth-order valence-electron chi connectivity index (χ4n) is 2.31. The predicted molar refractivity (Wildman–Crippen MR) is 69.2 cm³/mol. The van der Waals surface area contributed by atoms with Gasteiger partial charge in [0.05, 0.1) is 5.69 Å². The molecule has 4 heteroatoms. The van der Waals surface area contributed by atoms with E-state index in [1.807, 2.05) is 11.8 Å². The summed E-state index contributed by atoms with van der Waals surface area (Å²) in [5, 5.41) is 0. The van der Waals surface area contributed by atoms with E-state index in [2.05, 4.69) is 25.8 Å². The van der Waals surface area contributed by atoms with E-state index in [1.165, 1.54) is 0 Å². The van der Waals surface area contributed by atoms with Crippen molar-refractivity contribution in [1.29, 1.82) is 0 Å². The van der Waals surface area contributed by atoms with Gasteiger partial charge in [-0.2, -0.15) is 0 Å². The predicted octanol–water partition coefficient (Wildman–Crippen LogP) is 3.05. The zero-order chi connectivity index (χ0) is 13.3. The number of hydrogen-bond acceptors (Lipinski definition) is 3. The lowest BCUT2D eigenvalue weighted by molar-refractivity contribution is -0.132. The highest BCUT2D eigenvalue weighted by Gasteiger charge is 2.33. The van der Waals surface area contributed by atoms with Crippen LogP contribution in [0.25, 0.3) is 0 Å². The molecule has 1 atom stereocenters. The minimum atomic E-state index is -0.0139. The minimum absolute atomic E-state index is 0.0139. The topological polar surface area (TPSA) is 46.3 Å². The molecule has 1 aromatic heterocycles. The van der Waals surface area contributed by atoms with Gasteiger partial charge in [0.2, 0.25) is 11.8 Å². The Bertz CT molecular complexity index is 431. The molecule has 0 radical (unpaired) electrons. The maximum absolute atomic E-state index is 11.9. The molecule has 1 amide bonds. The van der Waals surface area contributed by atoms with Crippen molar-refractivity contribution in [2.45, 2.75) is 58.4 Å². The van der Waals surface area contributed by atoms with Crippen LogP contribution in [0.5, 0.6) is 0 Å². The van der Waals surface area contributed by atoms with Crippen LogP contribution in [0.4, 0.5) is 0 Å². The Kier molecular flexibility index (Phi) is 3.46. The monoisotopic (exact) mass is 250 g/mol. The average Bonchev–Trinajstić information content (AvgIpc) is 2.94. The van der Waals surface area contributed by atoms with Crippen LogP contribution in [0, 0.1) is 0 Å². The van der Waals surface area contributed by atoms with Gasteiger partial charge in [-0.05, 0) is 12.8 Å². The van der Waals surface area contributed by atoms with Crippen molar-refractivity contribution < 1.29 is 9.21 Å². The van der Waals surface area contributed by atoms with Gasteiger partial charge in [0.15, 0.2) is 0 Å². The number of likely N-dealkylation sites (tertiary alicyclic amines) is 1. The number of rotatable bonds is 2. The average molecular weight is 250 g/mol. The van der Waals surface area contributed by atoms with Crippen LogP contribution in [0.3, 0.4) is 0 Å². The maximum atomic E-state index is 11.9. The van der Waals surface area contributed by atoms with Crippen molar-refractivity contribution in [3.05, 3.63) is 17.8 Å². The van der Waals surface area contributed by atoms with E-state index in [1.54, 1.807) is 6.26 Å². The first-order valence-corrected chi connectivity index (χ1v) is 6.69. The summed E-state index contributed by atoms with van der Waals surface area (Å²) in [5.74, 6) is 0.882. The lowest BCUT2D eigenvalue weighted by Gasteiger charge is -2.21. The molecule has 2 heterocycles. The summed E-state index contributed by atoms with van der Waals surface area (Å²) in [6.45, 7) is 9.05. The van der Waals surface area contributed by atoms with Crippen LogP contribution in [0.2, 0.25) is 0 Å². The minimum Gasteiger partial charge on any atom is -0.446 e. The third-order valence-electron chi connectivity index (χ3n) is 3.45. The van der Waals surface area contributed by atoms with Crippen LogP contribution in [-0.2, 0) is 10.2 Å². The van der Waals surface area contributed by atoms with E-state index in [0.717, 1.165) is 25.1 Å². The summed E-state index contributed by atoms with van der Waals surface area (Å²) in [6, 6.07) is 0.0357. The largest absolute Gasteiger partial charge is 0.446 e. The van der Waals surface area contributed by atoms with Gasteiger partial charge >= 0.3 is 0 Å². The fraction of sp³-hybridized carbons (Fsp3) is 0.714. The number of hydrogen-bond donors (Lipinski definition) is 0. The molecule has 18 heavy (non-hydrogen) atoms. The van der Waals surface area contributed by atoms with E-state index in [-0.39, 0.29) is 17.4 Å². The molecule has 2 rings (SSSR count). The van der Waals surface area contributed by atoms with E-state index in [0.29, 0.717) is 12.3 Å². The first kappa shape index (κ1) is 13.1. The normalized spacial score (nSPS) is 20.4. The Morgan fingerprint density at radius 2 is 2.28 bits per heavy atom. The summed E-state index contributed by atoms with van der Waals surface area (Å²) in [6.07, 6.45) is 4.26. The molecular formula is C14H22N2O2. The molecule has 100 valence electrons. The molecule has 4 nitrogen and oxygen atoms in total. The highest BCUT2D eigenvalue weighted by molar-refractivity contribution is 5.76. The smallest absolute Gasteiger partial charge is 0.222 e. The highest BCUT2D eigenvalue weighted by atomic mass is 16.3. The second-order valence-corrected chi connectivity index (χ2v) is 5.92. The zero-order valence-corrected chi connectivity index (χ0v) is 11.7. The number of amides is 1. The van der Waals surface area contributed by atoms with Crippen molar-refractivity contribution in [3.8, 4) is 0 Å². The Hall–Kier alpha value is -1.32. The summed E-state index contributed by atoms with van der Waals surface area (Å²) in [5.41, 5.74) is 0.938. The van der Waals surface area contributed by atoms with Crippen molar-refractivity contribution in [3.63, 3.8) is 0 Å². The van der Waals surface area contributed by atoms with Gasteiger partial charge in [0, 0.05) is 18.4 Å².